The fourth-order valence-electron chi connectivity index (χ4n) is 2.60. The Balaban J connectivity index is 1.87. The highest BCUT2D eigenvalue weighted by Crippen LogP contribution is 2.27. The molecule has 0 aliphatic carbocycles. The zero-order valence-corrected chi connectivity index (χ0v) is 12.2. The van der Waals surface area contributed by atoms with E-state index in [4.69, 9.17) is 0 Å². The van der Waals surface area contributed by atoms with Crippen molar-refractivity contribution in [3.05, 3.63) is 30.1 Å². The molecular formula is C15H19N5O. The molecule has 2 heterocycles. The summed E-state index contributed by atoms with van der Waals surface area (Å²) in [5.41, 5.74) is 1.05. The number of carbonyl (C=O) groups is 1. The number of rotatable bonds is 3. The molecule has 21 heavy (non-hydrogen) atoms. The molecule has 0 saturated carbocycles. The second-order valence-corrected chi connectivity index (χ2v) is 5.61. The van der Waals surface area contributed by atoms with Crippen molar-refractivity contribution in [2.45, 2.75) is 32.2 Å². The number of carbonyl (C=O) groups excluding carboxylic acids is 1. The summed E-state index contributed by atoms with van der Waals surface area (Å²) in [6.07, 6.45) is 1.87. The van der Waals surface area contributed by atoms with Crippen molar-refractivity contribution in [2.75, 3.05) is 11.9 Å². The van der Waals surface area contributed by atoms with Gasteiger partial charge in [-0.1, -0.05) is 12.1 Å². The van der Waals surface area contributed by atoms with Gasteiger partial charge < -0.3 is 10.6 Å². The van der Waals surface area contributed by atoms with E-state index in [1.54, 1.807) is 0 Å². The predicted molar refractivity (Wildman–Crippen MR) is 80.8 cm³/mol. The molecule has 1 aromatic heterocycles. The molecule has 1 aliphatic heterocycles. The maximum atomic E-state index is 12.5. The van der Waals surface area contributed by atoms with E-state index in [0.717, 1.165) is 36.5 Å². The van der Waals surface area contributed by atoms with Crippen molar-refractivity contribution in [1.82, 2.24) is 20.5 Å². The van der Waals surface area contributed by atoms with Gasteiger partial charge in [0.2, 0.25) is 5.91 Å². The highest BCUT2D eigenvalue weighted by Gasteiger charge is 2.36. The van der Waals surface area contributed by atoms with E-state index in [2.05, 4.69) is 25.8 Å². The number of amides is 1. The van der Waals surface area contributed by atoms with Gasteiger partial charge in [0.15, 0.2) is 5.82 Å². The minimum atomic E-state index is -0.498. The van der Waals surface area contributed by atoms with E-state index in [1.165, 1.54) is 0 Å². The van der Waals surface area contributed by atoms with Crippen LogP contribution < -0.4 is 10.6 Å². The lowest BCUT2D eigenvalue weighted by atomic mass is 9.99. The second-order valence-electron chi connectivity index (χ2n) is 5.61. The number of H-pyrrole nitrogens is 1. The number of nitrogens with one attached hydrogen (secondary N) is 3. The van der Waals surface area contributed by atoms with Crippen molar-refractivity contribution >= 4 is 11.6 Å². The van der Waals surface area contributed by atoms with Gasteiger partial charge in [-0.2, -0.15) is 5.10 Å². The van der Waals surface area contributed by atoms with Gasteiger partial charge in [0.25, 0.3) is 0 Å². The van der Waals surface area contributed by atoms with Crippen LogP contribution in [0, 0.1) is 6.92 Å². The van der Waals surface area contributed by atoms with Crippen molar-refractivity contribution in [1.29, 1.82) is 0 Å². The molecule has 1 aromatic carbocycles. The summed E-state index contributed by atoms with van der Waals surface area (Å²) in [5.74, 6) is 1.32. The SMILES string of the molecule is Cc1nc(-c2ccccc2NC(=O)C2(C)CCCN2)n[nH]1. The number of aryl methyl sites for hydroxylation is 1. The molecule has 110 valence electrons. The average molecular weight is 285 g/mol. The fourth-order valence-corrected chi connectivity index (χ4v) is 2.60. The molecule has 2 aromatic rings. The summed E-state index contributed by atoms with van der Waals surface area (Å²) < 4.78 is 0. The van der Waals surface area contributed by atoms with Gasteiger partial charge in [-0.15, -0.1) is 0 Å². The number of nitrogens with zero attached hydrogens (tertiary/aromatic N) is 2. The van der Waals surface area contributed by atoms with Gasteiger partial charge >= 0.3 is 0 Å². The highest BCUT2D eigenvalue weighted by molar-refractivity contribution is 6.00. The third-order valence-electron chi connectivity index (χ3n) is 3.88. The number of hydrogen-bond donors (Lipinski definition) is 3. The van der Waals surface area contributed by atoms with E-state index in [9.17, 15) is 4.79 Å². The zero-order valence-electron chi connectivity index (χ0n) is 12.2. The topological polar surface area (TPSA) is 82.7 Å². The van der Waals surface area contributed by atoms with Crippen molar-refractivity contribution < 1.29 is 4.79 Å². The zero-order chi connectivity index (χ0) is 14.9. The summed E-state index contributed by atoms with van der Waals surface area (Å²) in [5, 5.41) is 13.3. The van der Waals surface area contributed by atoms with Gasteiger partial charge in [0.05, 0.1) is 11.2 Å². The quantitative estimate of drug-likeness (QED) is 0.804. The molecule has 0 bridgehead atoms. The molecule has 3 N–H and O–H groups in total. The number of benzene rings is 1. The Morgan fingerprint density at radius 1 is 1.38 bits per heavy atom. The Hall–Kier alpha value is -2.21. The van der Waals surface area contributed by atoms with Crippen LogP contribution >= 0.6 is 0 Å². The van der Waals surface area contributed by atoms with Gasteiger partial charge in [0, 0.05) is 5.56 Å². The lowest BCUT2D eigenvalue weighted by Crippen LogP contribution is -2.48. The van der Waals surface area contributed by atoms with Crippen LogP contribution in [-0.2, 0) is 4.79 Å². The molecule has 0 radical (unpaired) electrons. The summed E-state index contributed by atoms with van der Waals surface area (Å²) >= 11 is 0. The fraction of sp³-hybridized carbons (Fsp3) is 0.400. The summed E-state index contributed by atoms with van der Waals surface area (Å²) in [7, 11) is 0. The number of aromatic nitrogens is 3. The van der Waals surface area contributed by atoms with Crippen LogP contribution in [-0.4, -0.2) is 33.2 Å². The molecule has 1 aliphatic rings. The number of para-hydroxylation sites is 1. The smallest absolute Gasteiger partial charge is 0.244 e. The first-order valence-electron chi connectivity index (χ1n) is 7.13. The first kappa shape index (κ1) is 13.8. The number of hydrogen-bond acceptors (Lipinski definition) is 4. The number of aromatic amines is 1. The van der Waals surface area contributed by atoms with Gasteiger partial charge in [-0.3, -0.25) is 9.89 Å². The van der Waals surface area contributed by atoms with Gasteiger partial charge in [-0.25, -0.2) is 4.98 Å². The van der Waals surface area contributed by atoms with Gasteiger partial charge in [-0.05, 0) is 45.4 Å². The molecule has 0 spiro atoms. The van der Waals surface area contributed by atoms with Crippen LogP contribution in [0.15, 0.2) is 24.3 Å². The van der Waals surface area contributed by atoms with E-state index < -0.39 is 5.54 Å². The highest BCUT2D eigenvalue weighted by atomic mass is 16.2. The van der Waals surface area contributed by atoms with Crippen LogP contribution in [0.3, 0.4) is 0 Å². The largest absolute Gasteiger partial charge is 0.324 e. The Morgan fingerprint density at radius 3 is 2.86 bits per heavy atom. The van der Waals surface area contributed by atoms with Crippen molar-refractivity contribution in [3.8, 4) is 11.4 Å². The molecule has 6 heteroatoms. The summed E-state index contributed by atoms with van der Waals surface area (Å²) in [6, 6.07) is 7.58. The Kier molecular flexibility index (Phi) is 3.47. The molecule has 6 nitrogen and oxygen atoms in total. The Labute approximate surface area is 123 Å². The van der Waals surface area contributed by atoms with Gasteiger partial charge in [0.1, 0.15) is 5.82 Å². The predicted octanol–water partition coefficient (Wildman–Crippen LogP) is 1.86. The minimum absolute atomic E-state index is 0.0142. The number of anilines is 1. The maximum absolute atomic E-state index is 12.5. The lowest BCUT2D eigenvalue weighted by Gasteiger charge is -2.23. The molecule has 1 fully saturated rings. The normalized spacial score (nSPS) is 21.4. The van der Waals surface area contributed by atoms with E-state index in [0.29, 0.717) is 5.82 Å². The first-order valence-corrected chi connectivity index (χ1v) is 7.13. The summed E-state index contributed by atoms with van der Waals surface area (Å²) in [6.45, 7) is 4.67. The Bertz CT molecular complexity index is 658. The van der Waals surface area contributed by atoms with Crippen LogP contribution in [0.5, 0.6) is 0 Å². The third kappa shape index (κ3) is 2.67. The summed E-state index contributed by atoms with van der Waals surface area (Å²) in [4.78, 5) is 16.8. The monoisotopic (exact) mass is 285 g/mol. The average Bonchev–Trinajstić information content (AvgIpc) is 3.09. The van der Waals surface area contributed by atoms with E-state index in [1.807, 2.05) is 38.1 Å². The van der Waals surface area contributed by atoms with Crippen LogP contribution in [0.2, 0.25) is 0 Å². The van der Waals surface area contributed by atoms with Crippen molar-refractivity contribution in [2.24, 2.45) is 0 Å². The molecule has 1 saturated heterocycles. The molecular weight excluding hydrogens is 266 g/mol. The second kappa shape index (κ2) is 5.29. The molecule has 1 unspecified atom stereocenters. The Morgan fingerprint density at radius 2 is 2.19 bits per heavy atom. The van der Waals surface area contributed by atoms with E-state index >= 15 is 0 Å². The third-order valence-corrected chi connectivity index (χ3v) is 3.88. The first-order chi connectivity index (χ1) is 10.1. The van der Waals surface area contributed by atoms with Crippen LogP contribution in [0.25, 0.3) is 11.4 Å². The van der Waals surface area contributed by atoms with Crippen LogP contribution in [0.4, 0.5) is 5.69 Å². The molecule has 1 amide bonds. The maximum Gasteiger partial charge on any atom is 0.244 e. The molecule has 1 atom stereocenters. The molecule has 3 rings (SSSR count). The van der Waals surface area contributed by atoms with Crippen molar-refractivity contribution in [3.63, 3.8) is 0 Å². The lowest BCUT2D eigenvalue weighted by molar-refractivity contribution is -0.121. The standard InChI is InChI=1S/C15H19N5O/c1-10-17-13(20-19-10)11-6-3-4-7-12(11)18-14(21)15(2)8-5-9-16-15/h3-4,6-7,16H,5,8-9H2,1-2H3,(H,18,21)(H,17,19,20). The van der Waals surface area contributed by atoms with Crippen LogP contribution in [0.1, 0.15) is 25.6 Å². The van der Waals surface area contributed by atoms with E-state index in [-0.39, 0.29) is 5.91 Å². The minimum Gasteiger partial charge on any atom is -0.324 e.